The fourth-order valence-corrected chi connectivity index (χ4v) is 8.17. The predicted octanol–water partition coefficient (Wildman–Crippen LogP) is 4.03. The van der Waals surface area contributed by atoms with E-state index in [1.165, 1.54) is 6.07 Å². The normalized spacial score (nSPS) is 29.1. The minimum absolute atomic E-state index is 0.120. The number of likely N-dealkylation sites (tertiary alicyclic amines) is 2. The molecule has 4 aliphatic heterocycles. The Labute approximate surface area is 240 Å². The van der Waals surface area contributed by atoms with Gasteiger partial charge < -0.3 is 24.2 Å². The van der Waals surface area contributed by atoms with Crippen molar-refractivity contribution >= 4 is 17.7 Å². The maximum Gasteiger partial charge on any atom is 0.410 e. The van der Waals surface area contributed by atoms with Crippen molar-refractivity contribution in [2.24, 2.45) is 13.0 Å². The van der Waals surface area contributed by atoms with Gasteiger partial charge in [0.25, 0.3) is 5.91 Å². The van der Waals surface area contributed by atoms with Crippen LogP contribution in [0.1, 0.15) is 66.7 Å². The maximum absolute atomic E-state index is 14.6. The van der Waals surface area contributed by atoms with E-state index in [1.54, 1.807) is 16.8 Å². The number of aromatic nitrogens is 2. The number of nitrogens with zero attached hydrogens (tertiary/aromatic N) is 5. The number of anilines is 1. The van der Waals surface area contributed by atoms with Crippen molar-refractivity contribution in [3.05, 3.63) is 47.0 Å². The van der Waals surface area contributed by atoms with Crippen LogP contribution in [0.4, 0.5) is 14.9 Å². The lowest BCUT2D eigenvalue weighted by molar-refractivity contribution is 0.0286. The summed E-state index contributed by atoms with van der Waals surface area (Å²) >= 11 is 0. The van der Waals surface area contributed by atoms with Gasteiger partial charge in [-0.2, -0.15) is 5.10 Å². The molecule has 4 fully saturated rings. The smallest absolute Gasteiger partial charge is 0.410 e. The molecule has 2 amide bonds. The average Bonchev–Trinajstić information content (AvgIpc) is 3.76. The van der Waals surface area contributed by atoms with Crippen LogP contribution < -0.4 is 4.90 Å². The summed E-state index contributed by atoms with van der Waals surface area (Å²) in [5.74, 6) is 0.120. The SMILES string of the molecule is Cc1cc(C(=O)N2CC3(CCN(C4CC5CCCN(C(=O)O[C@@H]6CCOC6)C5C4)CC3)c3cc(F)ccc32)nn1C. The van der Waals surface area contributed by atoms with Gasteiger partial charge in [-0.05, 0) is 94.3 Å². The number of halogens is 1. The number of amides is 2. The largest absolute Gasteiger partial charge is 0.444 e. The third-order valence-corrected chi connectivity index (χ3v) is 10.5. The van der Waals surface area contributed by atoms with E-state index in [2.05, 4.69) is 10.00 Å². The van der Waals surface area contributed by atoms with Crippen LogP contribution in [0.2, 0.25) is 0 Å². The third-order valence-electron chi connectivity index (χ3n) is 10.5. The topological polar surface area (TPSA) is 80.1 Å². The number of hydrogen-bond acceptors (Lipinski definition) is 6. The molecule has 3 saturated heterocycles. The highest BCUT2D eigenvalue weighted by molar-refractivity contribution is 6.06. The van der Waals surface area contributed by atoms with Crippen molar-refractivity contribution in [3.8, 4) is 0 Å². The first kappa shape index (κ1) is 26.9. The lowest BCUT2D eigenvalue weighted by atomic mass is 9.74. The van der Waals surface area contributed by atoms with Crippen molar-refractivity contribution in [1.29, 1.82) is 0 Å². The van der Waals surface area contributed by atoms with Crippen LogP contribution in [0.25, 0.3) is 0 Å². The minimum Gasteiger partial charge on any atom is -0.444 e. The highest BCUT2D eigenvalue weighted by Gasteiger charge is 2.50. The number of ether oxygens (including phenoxy) is 2. The van der Waals surface area contributed by atoms with Gasteiger partial charge >= 0.3 is 6.09 Å². The number of fused-ring (bicyclic) bond motifs is 3. The molecule has 41 heavy (non-hydrogen) atoms. The molecule has 220 valence electrons. The van der Waals surface area contributed by atoms with Crippen molar-refractivity contribution in [2.45, 2.75) is 75.5 Å². The molecule has 1 saturated carbocycles. The van der Waals surface area contributed by atoms with Crippen LogP contribution in [0.5, 0.6) is 0 Å². The summed E-state index contributed by atoms with van der Waals surface area (Å²) in [6.45, 7) is 6.21. The van der Waals surface area contributed by atoms with Gasteiger partial charge in [0.15, 0.2) is 5.69 Å². The zero-order chi connectivity index (χ0) is 28.3. The number of piperidine rings is 2. The number of rotatable bonds is 3. The highest BCUT2D eigenvalue weighted by Crippen LogP contribution is 2.49. The summed E-state index contributed by atoms with van der Waals surface area (Å²) in [6, 6.07) is 7.33. The van der Waals surface area contributed by atoms with Crippen LogP contribution >= 0.6 is 0 Å². The number of carbonyl (C=O) groups is 2. The number of aryl methyl sites for hydroxylation is 2. The van der Waals surface area contributed by atoms with Gasteiger partial charge in [-0.15, -0.1) is 0 Å². The average molecular weight is 566 g/mol. The van der Waals surface area contributed by atoms with E-state index in [0.717, 1.165) is 81.5 Å². The first-order chi connectivity index (χ1) is 19.8. The summed E-state index contributed by atoms with van der Waals surface area (Å²) in [7, 11) is 1.84. The van der Waals surface area contributed by atoms with E-state index in [-0.39, 0.29) is 35.4 Å². The first-order valence-corrected chi connectivity index (χ1v) is 15.2. The summed E-state index contributed by atoms with van der Waals surface area (Å²) in [6.07, 6.45) is 6.48. The molecule has 5 aliphatic rings. The molecule has 0 radical (unpaired) electrons. The molecule has 1 aromatic heterocycles. The lowest BCUT2D eigenvalue weighted by Gasteiger charge is -2.42. The highest BCUT2D eigenvalue weighted by atomic mass is 19.1. The van der Waals surface area contributed by atoms with Crippen LogP contribution in [-0.4, -0.2) is 89.2 Å². The molecule has 4 atom stereocenters. The second-order valence-corrected chi connectivity index (χ2v) is 12.8. The Morgan fingerprint density at radius 1 is 1.12 bits per heavy atom. The van der Waals surface area contributed by atoms with Crippen molar-refractivity contribution in [1.82, 2.24) is 19.6 Å². The molecule has 5 heterocycles. The van der Waals surface area contributed by atoms with Crippen molar-refractivity contribution < 1.29 is 23.5 Å². The minimum atomic E-state index is -0.266. The van der Waals surface area contributed by atoms with Gasteiger partial charge in [0.2, 0.25) is 0 Å². The maximum atomic E-state index is 14.6. The Kier molecular flexibility index (Phi) is 6.81. The molecule has 0 N–H and O–H groups in total. The molecular formula is C31H40FN5O4. The van der Waals surface area contributed by atoms with Crippen LogP contribution in [0.3, 0.4) is 0 Å². The number of benzene rings is 1. The molecule has 9 nitrogen and oxygen atoms in total. The molecule has 1 spiro atoms. The van der Waals surface area contributed by atoms with Gasteiger partial charge in [0.1, 0.15) is 11.9 Å². The molecule has 2 aromatic rings. The van der Waals surface area contributed by atoms with E-state index < -0.39 is 0 Å². The van der Waals surface area contributed by atoms with E-state index in [0.29, 0.717) is 37.4 Å². The zero-order valence-electron chi connectivity index (χ0n) is 24.1. The van der Waals surface area contributed by atoms with Crippen LogP contribution in [0.15, 0.2) is 24.3 Å². The van der Waals surface area contributed by atoms with Crippen LogP contribution in [0, 0.1) is 18.7 Å². The fourth-order valence-electron chi connectivity index (χ4n) is 8.17. The Hall–Kier alpha value is -2.98. The quantitative estimate of drug-likeness (QED) is 0.559. The summed E-state index contributed by atoms with van der Waals surface area (Å²) in [4.78, 5) is 33.1. The fraction of sp³-hybridized carbons (Fsp3) is 0.645. The summed E-state index contributed by atoms with van der Waals surface area (Å²) in [5.41, 5.74) is 2.83. The van der Waals surface area contributed by atoms with Gasteiger partial charge in [-0.1, -0.05) is 0 Å². The Bertz CT molecular complexity index is 1310. The Morgan fingerprint density at radius 3 is 2.68 bits per heavy atom. The van der Waals surface area contributed by atoms with Crippen LogP contribution in [-0.2, 0) is 21.9 Å². The van der Waals surface area contributed by atoms with Gasteiger partial charge in [0, 0.05) is 55.4 Å². The molecule has 7 rings (SSSR count). The van der Waals surface area contributed by atoms with Crippen molar-refractivity contribution in [2.75, 3.05) is 44.3 Å². The molecule has 0 bridgehead atoms. The standard InChI is InChI=1S/C31H40FN5O4/c1-20-14-26(33-34(20)2)29(38)37-19-31(25-16-22(32)5-6-27(25)37)8-11-35(12-9-31)23-15-21-4-3-10-36(28(21)17-23)30(39)41-24-7-13-40-18-24/h5-6,14,16,21,23-24,28H,3-4,7-13,15,17-19H2,1-2H3/t21?,23?,24-,28?/m1/s1. The molecule has 3 unspecified atom stereocenters. The molecule has 1 aromatic carbocycles. The van der Waals surface area contributed by atoms with E-state index in [1.807, 2.05) is 29.8 Å². The van der Waals surface area contributed by atoms with Gasteiger partial charge in [-0.25, -0.2) is 9.18 Å². The van der Waals surface area contributed by atoms with Crippen molar-refractivity contribution in [3.63, 3.8) is 0 Å². The van der Waals surface area contributed by atoms with Gasteiger partial charge in [0.05, 0.1) is 13.2 Å². The lowest BCUT2D eigenvalue weighted by Crippen LogP contribution is -2.49. The molecule has 10 heteroatoms. The predicted molar refractivity (Wildman–Crippen MR) is 150 cm³/mol. The summed E-state index contributed by atoms with van der Waals surface area (Å²) < 4.78 is 27.5. The molecular weight excluding hydrogens is 525 g/mol. The monoisotopic (exact) mass is 565 g/mol. The number of carbonyl (C=O) groups excluding carboxylic acids is 2. The van der Waals surface area contributed by atoms with E-state index in [9.17, 15) is 14.0 Å². The van der Waals surface area contributed by atoms with E-state index >= 15 is 0 Å². The zero-order valence-corrected chi connectivity index (χ0v) is 24.1. The van der Waals surface area contributed by atoms with E-state index in [4.69, 9.17) is 9.47 Å². The second-order valence-electron chi connectivity index (χ2n) is 12.8. The number of hydrogen-bond donors (Lipinski definition) is 0. The molecule has 1 aliphatic carbocycles. The summed E-state index contributed by atoms with van der Waals surface area (Å²) in [5, 5.41) is 4.43. The third kappa shape index (κ3) is 4.73. The Morgan fingerprint density at radius 2 is 1.95 bits per heavy atom. The Balaban J connectivity index is 1.04. The second kappa shape index (κ2) is 10.4. The van der Waals surface area contributed by atoms with Gasteiger partial charge in [-0.3, -0.25) is 9.48 Å². The first-order valence-electron chi connectivity index (χ1n) is 15.2.